The lowest BCUT2D eigenvalue weighted by molar-refractivity contribution is -0.150. The number of anilines is 1. The van der Waals surface area contributed by atoms with Gasteiger partial charge in [-0.1, -0.05) is 6.07 Å². The van der Waals surface area contributed by atoms with Crippen LogP contribution < -0.4 is 9.64 Å². The van der Waals surface area contributed by atoms with E-state index in [1.165, 1.54) is 0 Å². The third-order valence-electron chi connectivity index (χ3n) is 2.76. The van der Waals surface area contributed by atoms with Crippen molar-refractivity contribution in [2.45, 2.75) is 6.10 Å². The van der Waals surface area contributed by atoms with Crippen LogP contribution in [0, 0.1) is 0 Å². The standard InChI is InChI=1S/C12H15NO4/c1-16-10-4-2-3-9(7-10)13-5-6-17-11(8-13)12(14)15/h2-4,7,11H,5-6,8H2,1H3,(H,14,15). The van der Waals surface area contributed by atoms with Gasteiger partial charge in [-0.15, -0.1) is 0 Å². The first-order valence-corrected chi connectivity index (χ1v) is 5.44. The molecule has 1 aliphatic rings. The number of hydrogen-bond acceptors (Lipinski definition) is 4. The monoisotopic (exact) mass is 237 g/mol. The summed E-state index contributed by atoms with van der Waals surface area (Å²) in [5, 5.41) is 8.93. The van der Waals surface area contributed by atoms with Crippen LogP contribution in [0.2, 0.25) is 0 Å². The second-order valence-electron chi connectivity index (χ2n) is 3.85. The van der Waals surface area contributed by atoms with Crippen LogP contribution in [0.4, 0.5) is 5.69 Å². The van der Waals surface area contributed by atoms with E-state index in [2.05, 4.69) is 0 Å². The Labute approximate surface area is 99.6 Å². The number of nitrogens with zero attached hydrogens (tertiary/aromatic N) is 1. The van der Waals surface area contributed by atoms with Crippen LogP contribution in [0.5, 0.6) is 5.75 Å². The van der Waals surface area contributed by atoms with Crippen LogP contribution in [-0.4, -0.2) is 44.0 Å². The highest BCUT2D eigenvalue weighted by Crippen LogP contribution is 2.22. The van der Waals surface area contributed by atoms with Crippen molar-refractivity contribution in [3.05, 3.63) is 24.3 Å². The number of ether oxygens (including phenoxy) is 2. The molecule has 0 aromatic heterocycles. The van der Waals surface area contributed by atoms with Crippen molar-refractivity contribution in [2.75, 3.05) is 31.7 Å². The van der Waals surface area contributed by atoms with Crippen LogP contribution in [-0.2, 0) is 9.53 Å². The van der Waals surface area contributed by atoms with Crippen LogP contribution in [0.25, 0.3) is 0 Å². The highest BCUT2D eigenvalue weighted by atomic mass is 16.5. The molecule has 1 atom stereocenters. The lowest BCUT2D eigenvalue weighted by atomic mass is 10.2. The molecule has 5 nitrogen and oxygen atoms in total. The average molecular weight is 237 g/mol. The third-order valence-corrected chi connectivity index (χ3v) is 2.76. The SMILES string of the molecule is COc1cccc(N2CCOC(C(=O)O)C2)c1. The Hall–Kier alpha value is -1.75. The molecular weight excluding hydrogens is 222 g/mol. The molecule has 0 saturated carbocycles. The molecule has 1 unspecified atom stereocenters. The number of carboxylic acids is 1. The lowest BCUT2D eigenvalue weighted by Gasteiger charge is -2.32. The number of rotatable bonds is 3. The van der Waals surface area contributed by atoms with E-state index < -0.39 is 12.1 Å². The summed E-state index contributed by atoms with van der Waals surface area (Å²) >= 11 is 0. The fraction of sp³-hybridized carbons (Fsp3) is 0.417. The van der Waals surface area contributed by atoms with Gasteiger partial charge in [0.1, 0.15) is 5.75 Å². The van der Waals surface area contributed by atoms with Gasteiger partial charge in [-0.05, 0) is 12.1 Å². The molecule has 92 valence electrons. The lowest BCUT2D eigenvalue weighted by Crippen LogP contribution is -2.46. The van der Waals surface area contributed by atoms with Crippen molar-refractivity contribution in [1.29, 1.82) is 0 Å². The van der Waals surface area contributed by atoms with E-state index in [0.717, 1.165) is 11.4 Å². The van der Waals surface area contributed by atoms with E-state index in [-0.39, 0.29) is 0 Å². The van der Waals surface area contributed by atoms with E-state index in [9.17, 15) is 4.79 Å². The van der Waals surface area contributed by atoms with Crippen LogP contribution >= 0.6 is 0 Å². The second kappa shape index (κ2) is 5.05. The maximum atomic E-state index is 10.9. The molecule has 5 heteroatoms. The number of morpholine rings is 1. The molecule has 1 fully saturated rings. The van der Waals surface area contributed by atoms with Gasteiger partial charge in [-0.25, -0.2) is 4.79 Å². The van der Waals surface area contributed by atoms with Gasteiger partial charge in [0.25, 0.3) is 0 Å². The topological polar surface area (TPSA) is 59.0 Å². The second-order valence-corrected chi connectivity index (χ2v) is 3.85. The Morgan fingerprint density at radius 1 is 1.59 bits per heavy atom. The molecule has 1 N–H and O–H groups in total. The fourth-order valence-electron chi connectivity index (χ4n) is 1.84. The normalized spacial score (nSPS) is 20.1. The summed E-state index contributed by atoms with van der Waals surface area (Å²) in [6, 6.07) is 7.58. The average Bonchev–Trinajstić information content (AvgIpc) is 2.39. The molecule has 1 heterocycles. The van der Waals surface area contributed by atoms with E-state index in [0.29, 0.717) is 19.7 Å². The quantitative estimate of drug-likeness (QED) is 0.849. The van der Waals surface area contributed by atoms with Gasteiger partial charge >= 0.3 is 5.97 Å². The Kier molecular flexibility index (Phi) is 3.49. The molecule has 0 bridgehead atoms. The predicted molar refractivity (Wildman–Crippen MR) is 62.6 cm³/mol. The highest BCUT2D eigenvalue weighted by Gasteiger charge is 2.26. The Morgan fingerprint density at radius 2 is 2.41 bits per heavy atom. The first-order chi connectivity index (χ1) is 8.20. The van der Waals surface area contributed by atoms with Crippen molar-refractivity contribution >= 4 is 11.7 Å². The molecule has 1 aromatic carbocycles. The Bertz CT molecular complexity index is 407. The fourth-order valence-corrected chi connectivity index (χ4v) is 1.84. The molecule has 17 heavy (non-hydrogen) atoms. The number of methoxy groups -OCH3 is 1. The number of carbonyl (C=O) groups is 1. The van der Waals surface area contributed by atoms with Crippen molar-refractivity contribution in [1.82, 2.24) is 0 Å². The smallest absolute Gasteiger partial charge is 0.334 e. The van der Waals surface area contributed by atoms with Gasteiger partial charge in [-0.2, -0.15) is 0 Å². The molecule has 0 amide bonds. The third kappa shape index (κ3) is 2.68. The van der Waals surface area contributed by atoms with Gasteiger partial charge in [0, 0.05) is 18.3 Å². The van der Waals surface area contributed by atoms with Gasteiger partial charge in [-0.3, -0.25) is 0 Å². The molecule has 0 radical (unpaired) electrons. The van der Waals surface area contributed by atoms with E-state index in [1.54, 1.807) is 7.11 Å². The maximum absolute atomic E-state index is 10.9. The predicted octanol–water partition coefficient (Wildman–Crippen LogP) is 0.985. The van der Waals surface area contributed by atoms with Crippen LogP contribution in [0.1, 0.15) is 0 Å². The molecule has 0 spiro atoms. The summed E-state index contributed by atoms with van der Waals surface area (Å²) in [6.07, 6.45) is -0.755. The summed E-state index contributed by atoms with van der Waals surface area (Å²) in [6.45, 7) is 1.48. The summed E-state index contributed by atoms with van der Waals surface area (Å²) in [7, 11) is 1.61. The van der Waals surface area contributed by atoms with Crippen LogP contribution in [0.3, 0.4) is 0 Å². The number of hydrogen-bond donors (Lipinski definition) is 1. The van der Waals surface area contributed by atoms with Crippen LogP contribution in [0.15, 0.2) is 24.3 Å². The molecule has 1 aliphatic heterocycles. The first kappa shape index (κ1) is 11.7. The summed E-state index contributed by atoms with van der Waals surface area (Å²) in [5.74, 6) is -0.154. The Morgan fingerprint density at radius 3 is 3.12 bits per heavy atom. The minimum absolute atomic E-state index is 0.364. The largest absolute Gasteiger partial charge is 0.497 e. The van der Waals surface area contributed by atoms with Crippen molar-refractivity contribution in [3.8, 4) is 5.75 Å². The molecular formula is C12H15NO4. The number of aliphatic carboxylic acids is 1. The van der Waals surface area contributed by atoms with E-state index in [1.807, 2.05) is 29.2 Å². The summed E-state index contributed by atoms with van der Waals surface area (Å²) in [4.78, 5) is 12.9. The van der Waals surface area contributed by atoms with Gasteiger partial charge < -0.3 is 19.5 Å². The van der Waals surface area contributed by atoms with Gasteiger partial charge in [0.05, 0.1) is 20.3 Å². The van der Waals surface area contributed by atoms with Crippen molar-refractivity contribution < 1.29 is 19.4 Å². The molecule has 1 saturated heterocycles. The zero-order valence-electron chi connectivity index (χ0n) is 9.63. The summed E-state index contributed by atoms with van der Waals surface area (Å²) in [5.41, 5.74) is 0.957. The number of carboxylic acid groups (broad SMARTS) is 1. The van der Waals surface area contributed by atoms with Gasteiger partial charge in [0.2, 0.25) is 0 Å². The van der Waals surface area contributed by atoms with E-state index >= 15 is 0 Å². The van der Waals surface area contributed by atoms with E-state index in [4.69, 9.17) is 14.6 Å². The van der Waals surface area contributed by atoms with Crippen molar-refractivity contribution in [2.24, 2.45) is 0 Å². The minimum atomic E-state index is -0.919. The first-order valence-electron chi connectivity index (χ1n) is 5.44. The van der Waals surface area contributed by atoms with Gasteiger partial charge in [0.15, 0.2) is 6.10 Å². The number of benzene rings is 1. The highest BCUT2D eigenvalue weighted by molar-refractivity contribution is 5.73. The zero-order valence-corrected chi connectivity index (χ0v) is 9.63. The maximum Gasteiger partial charge on any atom is 0.334 e. The molecule has 0 aliphatic carbocycles. The Balaban J connectivity index is 2.13. The summed E-state index contributed by atoms with van der Waals surface area (Å²) < 4.78 is 10.3. The molecule has 2 rings (SSSR count). The molecule has 1 aromatic rings. The minimum Gasteiger partial charge on any atom is -0.497 e. The van der Waals surface area contributed by atoms with Crippen molar-refractivity contribution in [3.63, 3.8) is 0 Å². The zero-order chi connectivity index (χ0) is 12.3.